The molecule has 6 heteroatoms. The molecular weight excluding hydrogens is 275 g/mol. The largest absolute Gasteiger partial charge is 0.316 e. The standard InChI is InChI=1S/C15H13FN2O3/c1-9-3-6-13(14(7-9)18(20)21)17-15(19)11-4-5-12(16)10(2)8-11/h3-8H,1-2H3,(H,17,19). The van der Waals surface area contributed by atoms with Gasteiger partial charge in [-0.05, 0) is 49.2 Å². The van der Waals surface area contributed by atoms with E-state index in [4.69, 9.17) is 0 Å². The minimum absolute atomic E-state index is 0.109. The molecule has 2 aromatic carbocycles. The number of nitrogens with one attached hydrogen (secondary N) is 1. The van der Waals surface area contributed by atoms with Crippen LogP contribution in [-0.4, -0.2) is 10.8 Å². The maximum Gasteiger partial charge on any atom is 0.293 e. The van der Waals surface area contributed by atoms with Crippen molar-refractivity contribution in [3.05, 3.63) is 69.0 Å². The van der Waals surface area contributed by atoms with Crippen LogP contribution in [0.25, 0.3) is 0 Å². The van der Waals surface area contributed by atoms with Crippen molar-refractivity contribution in [1.82, 2.24) is 0 Å². The molecule has 21 heavy (non-hydrogen) atoms. The second-order valence-electron chi connectivity index (χ2n) is 4.70. The summed E-state index contributed by atoms with van der Waals surface area (Å²) in [5.74, 6) is -0.932. The lowest BCUT2D eigenvalue weighted by atomic mass is 10.1. The first-order chi connectivity index (χ1) is 9.88. The van der Waals surface area contributed by atoms with Crippen LogP contribution in [0.4, 0.5) is 15.8 Å². The third-order valence-corrected chi connectivity index (χ3v) is 3.02. The molecule has 2 aromatic rings. The number of hydrogen-bond acceptors (Lipinski definition) is 3. The monoisotopic (exact) mass is 288 g/mol. The van der Waals surface area contributed by atoms with Crippen molar-refractivity contribution in [3.63, 3.8) is 0 Å². The highest BCUT2D eigenvalue weighted by Gasteiger charge is 2.17. The average molecular weight is 288 g/mol. The lowest BCUT2D eigenvalue weighted by Gasteiger charge is -2.07. The fraction of sp³-hybridized carbons (Fsp3) is 0.133. The molecule has 0 aromatic heterocycles. The first kappa shape index (κ1) is 14.6. The van der Waals surface area contributed by atoms with Gasteiger partial charge in [0, 0.05) is 11.6 Å². The number of nitro benzene ring substituents is 1. The molecule has 0 saturated carbocycles. The Balaban J connectivity index is 2.31. The van der Waals surface area contributed by atoms with Crippen LogP contribution in [0.1, 0.15) is 21.5 Å². The van der Waals surface area contributed by atoms with Crippen LogP contribution in [0.2, 0.25) is 0 Å². The van der Waals surface area contributed by atoms with Crippen LogP contribution in [0, 0.1) is 29.8 Å². The highest BCUT2D eigenvalue weighted by molar-refractivity contribution is 6.05. The third-order valence-electron chi connectivity index (χ3n) is 3.02. The molecule has 0 atom stereocenters. The number of nitro groups is 1. The molecule has 2 rings (SSSR count). The normalized spacial score (nSPS) is 10.2. The Morgan fingerprint density at radius 2 is 1.90 bits per heavy atom. The van der Waals surface area contributed by atoms with Gasteiger partial charge in [-0.15, -0.1) is 0 Å². The van der Waals surface area contributed by atoms with E-state index in [-0.39, 0.29) is 16.9 Å². The average Bonchev–Trinajstić information content (AvgIpc) is 2.43. The summed E-state index contributed by atoms with van der Waals surface area (Å²) in [6.45, 7) is 3.27. The first-order valence-electron chi connectivity index (χ1n) is 6.21. The number of nitrogens with zero attached hydrogens (tertiary/aromatic N) is 1. The molecule has 0 fully saturated rings. The van der Waals surface area contributed by atoms with Gasteiger partial charge >= 0.3 is 0 Å². The highest BCUT2D eigenvalue weighted by Crippen LogP contribution is 2.26. The van der Waals surface area contributed by atoms with Crippen molar-refractivity contribution in [2.24, 2.45) is 0 Å². The van der Waals surface area contributed by atoms with E-state index in [9.17, 15) is 19.3 Å². The predicted molar refractivity (Wildman–Crippen MR) is 76.9 cm³/mol. The molecular formula is C15H13FN2O3. The SMILES string of the molecule is Cc1ccc(NC(=O)c2ccc(F)c(C)c2)c([N+](=O)[O-])c1. The number of aryl methyl sites for hydroxylation is 2. The summed E-state index contributed by atoms with van der Waals surface area (Å²) in [5.41, 5.74) is 1.22. The highest BCUT2D eigenvalue weighted by atomic mass is 19.1. The third kappa shape index (κ3) is 3.22. The summed E-state index contributed by atoms with van der Waals surface area (Å²) >= 11 is 0. The number of carbonyl (C=O) groups is 1. The van der Waals surface area contributed by atoms with E-state index in [1.165, 1.54) is 30.3 Å². The van der Waals surface area contributed by atoms with E-state index >= 15 is 0 Å². The number of carbonyl (C=O) groups excluding carboxylic acids is 1. The molecule has 0 saturated heterocycles. The number of benzene rings is 2. The van der Waals surface area contributed by atoms with E-state index in [1.54, 1.807) is 19.9 Å². The zero-order valence-corrected chi connectivity index (χ0v) is 11.5. The van der Waals surface area contributed by atoms with Crippen LogP contribution in [0.5, 0.6) is 0 Å². The van der Waals surface area contributed by atoms with E-state index in [0.717, 1.165) is 5.56 Å². The molecule has 0 radical (unpaired) electrons. The van der Waals surface area contributed by atoms with Crippen molar-refractivity contribution in [1.29, 1.82) is 0 Å². The molecule has 0 spiro atoms. The molecule has 0 aliphatic carbocycles. The maximum atomic E-state index is 13.2. The van der Waals surface area contributed by atoms with Gasteiger partial charge in [-0.1, -0.05) is 6.07 Å². The second-order valence-corrected chi connectivity index (χ2v) is 4.70. The Labute approximate surface area is 120 Å². The quantitative estimate of drug-likeness (QED) is 0.692. The van der Waals surface area contributed by atoms with Crippen LogP contribution in [0.3, 0.4) is 0 Å². The smallest absolute Gasteiger partial charge is 0.293 e. The molecule has 0 aliphatic heterocycles. The fourth-order valence-corrected chi connectivity index (χ4v) is 1.88. The number of hydrogen-bond donors (Lipinski definition) is 1. The maximum absolute atomic E-state index is 13.2. The molecule has 0 heterocycles. The van der Waals surface area contributed by atoms with Gasteiger partial charge in [-0.25, -0.2) is 4.39 Å². The molecule has 0 aliphatic rings. The topological polar surface area (TPSA) is 72.2 Å². The number of rotatable bonds is 3. The zero-order valence-electron chi connectivity index (χ0n) is 11.5. The Kier molecular flexibility index (Phi) is 3.98. The van der Waals surface area contributed by atoms with E-state index in [1.807, 2.05) is 0 Å². The summed E-state index contributed by atoms with van der Waals surface area (Å²) in [4.78, 5) is 22.5. The summed E-state index contributed by atoms with van der Waals surface area (Å²) in [6.07, 6.45) is 0. The van der Waals surface area contributed by atoms with Gasteiger partial charge in [0.15, 0.2) is 0 Å². The van der Waals surface area contributed by atoms with Crippen LogP contribution < -0.4 is 5.32 Å². The fourth-order valence-electron chi connectivity index (χ4n) is 1.88. The van der Waals surface area contributed by atoms with Crippen molar-refractivity contribution in [3.8, 4) is 0 Å². The van der Waals surface area contributed by atoms with E-state index in [2.05, 4.69) is 5.32 Å². The second kappa shape index (κ2) is 5.70. The Morgan fingerprint density at radius 1 is 1.19 bits per heavy atom. The van der Waals surface area contributed by atoms with Crippen LogP contribution in [0.15, 0.2) is 36.4 Å². The van der Waals surface area contributed by atoms with Crippen LogP contribution >= 0.6 is 0 Å². The Hall–Kier alpha value is -2.76. The summed E-state index contributed by atoms with van der Waals surface area (Å²) in [6, 6.07) is 8.43. The number of anilines is 1. The number of halogens is 1. The molecule has 1 N–H and O–H groups in total. The first-order valence-corrected chi connectivity index (χ1v) is 6.21. The van der Waals surface area contributed by atoms with Crippen LogP contribution in [-0.2, 0) is 0 Å². The molecule has 0 bridgehead atoms. The van der Waals surface area contributed by atoms with E-state index < -0.39 is 16.6 Å². The molecule has 5 nitrogen and oxygen atoms in total. The summed E-state index contributed by atoms with van der Waals surface area (Å²) in [5, 5.41) is 13.5. The summed E-state index contributed by atoms with van der Waals surface area (Å²) < 4.78 is 13.2. The van der Waals surface area contributed by atoms with E-state index in [0.29, 0.717) is 5.56 Å². The lowest BCUT2D eigenvalue weighted by molar-refractivity contribution is -0.384. The van der Waals surface area contributed by atoms with Crippen molar-refractivity contribution in [2.75, 3.05) is 5.32 Å². The van der Waals surface area contributed by atoms with Gasteiger partial charge in [0.1, 0.15) is 11.5 Å². The van der Waals surface area contributed by atoms with Gasteiger partial charge < -0.3 is 5.32 Å². The zero-order chi connectivity index (χ0) is 15.6. The van der Waals surface area contributed by atoms with Gasteiger partial charge in [-0.3, -0.25) is 14.9 Å². The van der Waals surface area contributed by atoms with Crippen molar-refractivity contribution >= 4 is 17.3 Å². The van der Waals surface area contributed by atoms with Gasteiger partial charge in [-0.2, -0.15) is 0 Å². The van der Waals surface area contributed by atoms with Gasteiger partial charge in [0.05, 0.1) is 4.92 Å². The Morgan fingerprint density at radius 3 is 2.52 bits per heavy atom. The minimum Gasteiger partial charge on any atom is -0.316 e. The summed E-state index contributed by atoms with van der Waals surface area (Å²) in [7, 11) is 0. The Bertz CT molecular complexity index is 729. The van der Waals surface area contributed by atoms with Gasteiger partial charge in [0.2, 0.25) is 0 Å². The molecule has 0 unspecified atom stereocenters. The molecule has 1 amide bonds. The van der Waals surface area contributed by atoms with Crippen molar-refractivity contribution < 1.29 is 14.1 Å². The lowest BCUT2D eigenvalue weighted by Crippen LogP contribution is -2.13. The predicted octanol–water partition coefficient (Wildman–Crippen LogP) is 3.60. The van der Waals surface area contributed by atoms with Crippen molar-refractivity contribution in [2.45, 2.75) is 13.8 Å². The molecule has 108 valence electrons. The minimum atomic E-state index is -0.557. The van der Waals surface area contributed by atoms with Gasteiger partial charge in [0.25, 0.3) is 11.6 Å². The number of amides is 1.